The molecule has 0 aliphatic rings. The largest absolute Gasteiger partial charge is 0.490 e. The Morgan fingerprint density at radius 3 is 2.65 bits per heavy atom. The van der Waals surface area contributed by atoms with Gasteiger partial charge in [-0.15, -0.1) is 0 Å². The second-order valence-corrected chi connectivity index (χ2v) is 5.47. The van der Waals surface area contributed by atoms with Gasteiger partial charge in [-0.25, -0.2) is 4.79 Å². The summed E-state index contributed by atoms with van der Waals surface area (Å²) in [7, 11) is 0. The first-order chi connectivity index (χ1) is 9.31. The Labute approximate surface area is 119 Å². The molecule has 0 unspecified atom stereocenters. The number of hydrogen-bond donors (Lipinski definition) is 1. The first-order valence-electron chi connectivity index (χ1n) is 6.43. The van der Waals surface area contributed by atoms with Crippen LogP contribution in [-0.4, -0.2) is 24.3 Å². The van der Waals surface area contributed by atoms with E-state index < -0.39 is 11.7 Å². The summed E-state index contributed by atoms with van der Waals surface area (Å²) in [5.74, 6) is 0.507. The molecule has 1 N–H and O–H groups in total. The minimum Gasteiger partial charge on any atom is -0.490 e. The Morgan fingerprint density at radius 2 is 2.05 bits per heavy atom. The van der Waals surface area contributed by atoms with Gasteiger partial charge in [-0.05, 0) is 39.8 Å². The van der Waals surface area contributed by atoms with Gasteiger partial charge in [0.2, 0.25) is 0 Å². The molecule has 5 nitrogen and oxygen atoms in total. The van der Waals surface area contributed by atoms with Crippen LogP contribution in [0.15, 0.2) is 24.3 Å². The van der Waals surface area contributed by atoms with Crippen molar-refractivity contribution in [1.29, 1.82) is 5.26 Å². The first-order valence-corrected chi connectivity index (χ1v) is 6.43. The summed E-state index contributed by atoms with van der Waals surface area (Å²) in [5, 5.41) is 11.6. The summed E-state index contributed by atoms with van der Waals surface area (Å²) in [6, 6.07) is 8.80. The van der Waals surface area contributed by atoms with Gasteiger partial charge in [0.25, 0.3) is 0 Å². The van der Waals surface area contributed by atoms with Gasteiger partial charge in [-0.2, -0.15) is 5.26 Å². The zero-order valence-electron chi connectivity index (χ0n) is 12.3. The molecule has 1 aromatic rings. The van der Waals surface area contributed by atoms with Crippen molar-refractivity contribution in [2.24, 2.45) is 0 Å². The van der Waals surface area contributed by atoms with Crippen molar-refractivity contribution in [1.82, 2.24) is 5.32 Å². The Morgan fingerprint density at radius 1 is 1.40 bits per heavy atom. The van der Waals surface area contributed by atoms with E-state index in [2.05, 4.69) is 11.4 Å². The lowest BCUT2D eigenvalue weighted by Gasteiger charge is -2.22. The number of carbonyl (C=O) groups excluding carboxylic acids is 1. The van der Waals surface area contributed by atoms with E-state index in [4.69, 9.17) is 14.7 Å². The Bertz CT molecular complexity index is 501. The van der Waals surface area contributed by atoms with Crippen LogP contribution in [0, 0.1) is 11.3 Å². The van der Waals surface area contributed by atoms with Crippen LogP contribution in [0.1, 0.15) is 33.3 Å². The minimum atomic E-state index is -0.530. The summed E-state index contributed by atoms with van der Waals surface area (Å²) < 4.78 is 10.7. The Kier molecular flexibility index (Phi) is 5.39. The van der Waals surface area contributed by atoms with Crippen LogP contribution in [0.4, 0.5) is 4.79 Å². The standard InChI is InChI=1S/C15H20N2O3/c1-11(17-14(18)20-15(2,3)4)10-19-13-8-6-5-7-12(13)9-16/h5-8,11H,10H2,1-4H3,(H,17,18)/t11-/m0/s1. The highest BCUT2D eigenvalue weighted by atomic mass is 16.6. The number of hydrogen-bond acceptors (Lipinski definition) is 4. The summed E-state index contributed by atoms with van der Waals surface area (Å²) in [6.45, 7) is 7.47. The molecule has 0 aromatic heterocycles. The monoisotopic (exact) mass is 276 g/mol. The molecule has 1 amide bonds. The maximum absolute atomic E-state index is 11.6. The molecule has 108 valence electrons. The van der Waals surface area contributed by atoms with Gasteiger partial charge < -0.3 is 14.8 Å². The lowest BCUT2D eigenvalue weighted by atomic mass is 10.2. The van der Waals surface area contributed by atoms with E-state index in [1.54, 1.807) is 52.0 Å². The van der Waals surface area contributed by atoms with Crippen LogP contribution < -0.4 is 10.1 Å². The zero-order valence-corrected chi connectivity index (χ0v) is 12.3. The number of amides is 1. The SMILES string of the molecule is C[C@@H](COc1ccccc1C#N)NC(=O)OC(C)(C)C. The number of nitriles is 1. The third-order valence-corrected chi connectivity index (χ3v) is 2.26. The highest BCUT2D eigenvalue weighted by Crippen LogP contribution is 2.16. The predicted molar refractivity (Wildman–Crippen MR) is 75.5 cm³/mol. The van der Waals surface area contributed by atoms with Crippen LogP contribution in [-0.2, 0) is 4.74 Å². The second-order valence-electron chi connectivity index (χ2n) is 5.47. The number of ether oxygens (including phenoxy) is 2. The molecule has 0 aliphatic heterocycles. The maximum atomic E-state index is 11.6. The number of nitrogens with one attached hydrogen (secondary N) is 1. The van der Waals surface area contributed by atoms with Crippen LogP contribution in [0.3, 0.4) is 0 Å². The van der Waals surface area contributed by atoms with Crippen molar-refractivity contribution in [2.75, 3.05) is 6.61 Å². The van der Waals surface area contributed by atoms with E-state index in [9.17, 15) is 4.79 Å². The number of benzene rings is 1. The molecular formula is C15H20N2O3. The summed E-state index contributed by atoms with van der Waals surface area (Å²) in [4.78, 5) is 11.6. The third kappa shape index (κ3) is 5.61. The number of rotatable bonds is 4. The average molecular weight is 276 g/mol. The van der Waals surface area contributed by atoms with Gasteiger partial charge in [0.05, 0.1) is 11.6 Å². The number of carbonyl (C=O) groups is 1. The van der Waals surface area contributed by atoms with Gasteiger partial charge in [0.15, 0.2) is 0 Å². The van der Waals surface area contributed by atoms with Crippen molar-refractivity contribution in [2.45, 2.75) is 39.3 Å². The van der Waals surface area contributed by atoms with Crippen molar-refractivity contribution in [3.63, 3.8) is 0 Å². The average Bonchev–Trinajstić information content (AvgIpc) is 2.34. The third-order valence-electron chi connectivity index (χ3n) is 2.26. The van der Waals surface area contributed by atoms with Crippen LogP contribution in [0.25, 0.3) is 0 Å². The normalized spacial score (nSPS) is 12.2. The summed E-state index contributed by atoms with van der Waals surface area (Å²) in [6.07, 6.45) is -0.484. The number of para-hydroxylation sites is 1. The van der Waals surface area contributed by atoms with Crippen LogP contribution in [0.2, 0.25) is 0 Å². The van der Waals surface area contributed by atoms with Gasteiger partial charge >= 0.3 is 6.09 Å². The fraction of sp³-hybridized carbons (Fsp3) is 0.467. The van der Waals surface area contributed by atoms with Gasteiger partial charge in [0, 0.05) is 0 Å². The Hall–Kier alpha value is -2.22. The molecule has 0 saturated carbocycles. The molecule has 0 saturated heterocycles. The first kappa shape index (κ1) is 15.8. The zero-order chi connectivity index (χ0) is 15.2. The van der Waals surface area contributed by atoms with E-state index >= 15 is 0 Å². The molecule has 5 heteroatoms. The highest BCUT2D eigenvalue weighted by molar-refractivity contribution is 5.68. The molecule has 0 fully saturated rings. The number of nitrogens with zero attached hydrogens (tertiary/aromatic N) is 1. The van der Waals surface area contributed by atoms with E-state index in [1.165, 1.54) is 0 Å². The molecule has 0 spiro atoms. The minimum absolute atomic E-state index is 0.225. The van der Waals surface area contributed by atoms with Crippen molar-refractivity contribution in [3.05, 3.63) is 29.8 Å². The fourth-order valence-electron chi connectivity index (χ4n) is 1.45. The molecule has 1 aromatic carbocycles. The van der Waals surface area contributed by atoms with E-state index in [-0.39, 0.29) is 12.6 Å². The maximum Gasteiger partial charge on any atom is 0.407 e. The highest BCUT2D eigenvalue weighted by Gasteiger charge is 2.18. The van der Waals surface area contributed by atoms with Gasteiger partial charge in [-0.1, -0.05) is 12.1 Å². The van der Waals surface area contributed by atoms with Gasteiger partial charge in [-0.3, -0.25) is 0 Å². The topological polar surface area (TPSA) is 71.3 Å². The van der Waals surface area contributed by atoms with E-state index in [1.807, 2.05) is 0 Å². The summed E-state index contributed by atoms with van der Waals surface area (Å²) >= 11 is 0. The molecule has 1 rings (SSSR count). The van der Waals surface area contributed by atoms with Crippen molar-refractivity contribution >= 4 is 6.09 Å². The van der Waals surface area contributed by atoms with E-state index in [0.717, 1.165) is 0 Å². The van der Waals surface area contributed by atoms with Gasteiger partial charge in [0.1, 0.15) is 24.0 Å². The number of alkyl carbamates (subject to hydrolysis) is 1. The molecule has 20 heavy (non-hydrogen) atoms. The lowest BCUT2D eigenvalue weighted by molar-refractivity contribution is 0.0494. The molecule has 0 aliphatic carbocycles. The molecule has 0 radical (unpaired) electrons. The van der Waals surface area contributed by atoms with E-state index in [0.29, 0.717) is 11.3 Å². The summed E-state index contributed by atoms with van der Waals surface area (Å²) in [5.41, 5.74) is -0.0603. The smallest absolute Gasteiger partial charge is 0.407 e. The Balaban J connectivity index is 2.46. The molecule has 0 heterocycles. The molecule has 1 atom stereocenters. The quantitative estimate of drug-likeness (QED) is 0.917. The van der Waals surface area contributed by atoms with Crippen molar-refractivity contribution < 1.29 is 14.3 Å². The van der Waals surface area contributed by atoms with Crippen molar-refractivity contribution in [3.8, 4) is 11.8 Å². The lowest BCUT2D eigenvalue weighted by Crippen LogP contribution is -2.40. The fourth-order valence-corrected chi connectivity index (χ4v) is 1.45. The molecule has 0 bridgehead atoms. The van der Waals surface area contributed by atoms with Crippen LogP contribution >= 0.6 is 0 Å². The predicted octanol–water partition coefficient (Wildman–Crippen LogP) is 2.85. The second kappa shape index (κ2) is 6.80. The van der Waals surface area contributed by atoms with Crippen LogP contribution in [0.5, 0.6) is 5.75 Å². The molecular weight excluding hydrogens is 256 g/mol.